The third kappa shape index (κ3) is 2.62. The standard InChI is InChI=1S/C16H21N3O4/c1-5-11(13(17)20)19-14(21)16(3,18-15(19)22)10-6-7-12(23-4)9(2)8-10/h6-8,11H,5H2,1-4H3,(H2,17,20)(H,18,22). The molecule has 0 saturated carbocycles. The number of carbonyl (C=O) groups is 3. The first-order valence-corrected chi connectivity index (χ1v) is 7.36. The molecular weight excluding hydrogens is 298 g/mol. The zero-order valence-corrected chi connectivity index (χ0v) is 13.7. The van der Waals surface area contributed by atoms with Gasteiger partial charge in [0.25, 0.3) is 5.91 Å². The molecule has 7 nitrogen and oxygen atoms in total. The Morgan fingerprint density at radius 2 is 2.09 bits per heavy atom. The molecule has 1 heterocycles. The van der Waals surface area contributed by atoms with Crippen LogP contribution >= 0.6 is 0 Å². The molecule has 1 aliphatic heterocycles. The maximum absolute atomic E-state index is 12.8. The molecule has 4 amide bonds. The Morgan fingerprint density at radius 1 is 1.43 bits per heavy atom. The minimum atomic E-state index is -1.24. The number of nitrogens with two attached hydrogens (primary N) is 1. The van der Waals surface area contributed by atoms with E-state index in [1.165, 1.54) is 0 Å². The van der Waals surface area contributed by atoms with E-state index in [2.05, 4.69) is 5.32 Å². The number of nitrogens with one attached hydrogen (secondary N) is 1. The van der Waals surface area contributed by atoms with E-state index in [0.717, 1.165) is 10.5 Å². The summed E-state index contributed by atoms with van der Waals surface area (Å²) in [5, 5.41) is 2.67. The Labute approximate surface area is 134 Å². The van der Waals surface area contributed by atoms with Crippen molar-refractivity contribution >= 4 is 17.8 Å². The average Bonchev–Trinajstić information content (AvgIpc) is 2.72. The summed E-state index contributed by atoms with van der Waals surface area (Å²) >= 11 is 0. The number of carbonyl (C=O) groups excluding carboxylic acids is 3. The van der Waals surface area contributed by atoms with Crippen LogP contribution < -0.4 is 15.8 Å². The lowest BCUT2D eigenvalue weighted by molar-refractivity contribution is -0.137. The van der Waals surface area contributed by atoms with Crippen LogP contribution in [-0.4, -0.2) is 35.9 Å². The van der Waals surface area contributed by atoms with Gasteiger partial charge in [-0.3, -0.25) is 9.59 Å². The minimum Gasteiger partial charge on any atom is -0.496 e. The molecule has 1 aromatic rings. The third-order valence-corrected chi connectivity index (χ3v) is 4.22. The van der Waals surface area contributed by atoms with Gasteiger partial charge in [0, 0.05) is 0 Å². The molecule has 1 fully saturated rings. The molecule has 0 aromatic heterocycles. The highest BCUT2D eigenvalue weighted by Crippen LogP contribution is 2.32. The van der Waals surface area contributed by atoms with Crippen LogP contribution in [-0.2, 0) is 15.1 Å². The van der Waals surface area contributed by atoms with Crippen molar-refractivity contribution < 1.29 is 19.1 Å². The highest BCUT2D eigenvalue weighted by molar-refractivity contribution is 6.09. The molecular formula is C16H21N3O4. The SMILES string of the molecule is CCC(C(N)=O)N1C(=O)NC(C)(c2ccc(OC)c(C)c2)C1=O. The predicted octanol–water partition coefficient (Wildman–Crippen LogP) is 1.03. The van der Waals surface area contributed by atoms with E-state index >= 15 is 0 Å². The van der Waals surface area contributed by atoms with Crippen molar-refractivity contribution in [3.05, 3.63) is 29.3 Å². The van der Waals surface area contributed by atoms with Crippen LogP contribution in [0.4, 0.5) is 4.79 Å². The number of urea groups is 1. The molecule has 3 N–H and O–H groups in total. The van der Waals surface area contributed by atoms with Crippen molar-refractivity contribution in [2.24, 2.45) is 5.73 Å². The predicted molar refractivity (Wildman–Crippen MR) is 83.7 cm³/mol. The fourth-order valence-electron chi connectivity index (χ4n) is 2.84. The number of imide groups is 1. The number of ether oxygens (including phenoxy) is 1. The average molecular weight is 319 g/mol. The van der Waals surface area contributed by atoms with Gasteiger partial charge in [-0.15, -0.1) is 0 Å². The number of aryl methyl sites for hydroxylation is 1. The summed E-state index contributed by atoms with van der Waals surface area (Å²) in [6, 6.07) is 3.67. The number of hydrogen-bond acceptors (Lipinski definition) is 4. The fraction of sp³-hybridized carbons (Fsp3) is 0.438. The summed E-state index contributed by atoms with van der Waals surface area (Å²) in [5.41, 5.74) is 5.53. The van der Waals surface area contributed by atoms with Gasteiger partial charge in [0.15, 0.2) is 0 Å². The number of nitrogens with zero attached hydrogens (tertiary/aromatic N) is 1. The maximum atomic E-state index is 12.8. The Kier molecular flexibility index (Phi) is 4.31. The first kappa shape index (κ1) is 16.8. The van der Waals surface area contributed by atoms with Crippen LogP contribution in [0.3, 0.4) is 0 Å². The molecule has 23 heavy (non-hydrogen) atoms. The second-order valence-corrected chi connectivity index (χ2v) is 5.74. The molecule has 2 rings (SSSR count). The van der Waals surface area contributed by atoms with Crippen LogP contribution in [0.1, 0.15) is 31.4 Å². The zero-order valence-electron chi connectivity index (χ0n) is 13.7. The second kappa shape index (κ2) is 5.91. The summed E-state index contributed by atoms with van der Waals surface area (Å²) in [5.74, 6) is -0.501. The fourth-order valence-corrected chi connectivity index (χ4v) is 2.84. The van der Waals surface area contributed by atoms with Gasteiger partial charge in [0.1, 0.15) is 17.3 Å². The molecule has 0 radical (unpaired) electrons. The minimum absolute atomic E-state index is 0.270. The van der Waals surface area contributed by atoms with Crippen LogP contribution in [0.15, 0.2) is 18.2 Å². The first-order valence-electron chi connectivity index (χ1n) is 7.36. The molecule has 0 aliphatic carbocycles. The summed E-state index contributed by atoms with van der Waals surface area (Å²) in [6.07, 6.45) is 0.270. The number of hydrogen-bond donors (Lipinski definition) is 2. The van der Waals surface area contributed by atoms with Crippen LogP contribution in [0.5, 0.6) is 5.75 Å². The molecule has 124 valence electrons. The van der Waals surface area contributed by atoms with E-state index in [9.17, 15) is 14.4 Å². The zero-order chi connectivity index (χ0) is 17.4. The largest absolute Gasteiger partial charge is 0.496 e. The van der Waals surface area contributed by atoms with Gasteiger partial charge in [-0.25, -0.2) is 9.69 Å². The molecule has 0 spiro atoms. The highest BCUT2D eigenvalue weighted by atomic mass is 16.5. The van der Waals surface area contributed by atoms with E-state index in [1.807, 2.05) is 6.92 Å². The molecule has 2 atom stereocenters. The topological polar surface area (TPSA) is 102 Å². The smallest absolute Gasteiger partial charge is 0.326 e. The Morgan fingerprint density at radius 3 is 2.57 bits per heavy atom. The van der Waals surface area contributed by atoms with E-state index in [-0.39, 0.29) is 6.42 Å². The van der Waals surface area contributed by atoms with Gasteiger partial charge in [-0.1, -0.05) is 13.0 Å². The maximum Gasteiger partial charge on any atom is 0.326 e. The van der Waals surface area contributed by atoms with Crippen LogP contribution in [0, 0.1) is 6.92 Å². The summed E-state index contributed by atoms with van der Waals surface area (Å²) in [6.45, 7) is 5.16. The van der Waals surface area contributed by atoms with Gasteiger partial charge in [-0.05, 0) is 43.5 Å². The third-order valence-electron chi connectivity index (χ3n) is 4.22. The lowest BCUT2D eigenvalue weighted by Gasteiger charge is -2.25. The first-order chi connectivity index (χ1) is 10.8. The van der Waals surface area contributed by atoms with E-state index in [1.54, 1.807) is 39.2 Å². The van der Waals surface area contributed by atoms with Gasteiger partial charge < -0.3 is 15.8 Å². The number of methoxy groups -OCH3 is 1. The molecule has 7 heteroatoms. The lowest BCUT2D eigenvalue weighted by atomic mass is 9.90. The summed E-state index contributed by atoms with van der Waals surface area (Å²) in [4.78, 5) is 37.5. The van der Waals surface area contributed by atoms with Crippen molar-refractivity contribution in [2.45, 2.75) is 38.8 Å². The van der Waals surface area contributed by atoms with Crippen LogP contribution in [0.25, 0.3) is 0 Å². The Hall–Kier alpha value is -2.57. The molecule has 1 aliphatic rings. The summed E-state index contributed by atoms with van der Waals surface area (Å²) < 4.78 is 5.21. The van der Waals surface area contributed by atoms with Crippen molar-refractivity contribution in [3.8, 4) is 5.75 Å². The van der Waals surface area contributed by atoms with E-state index in [4.69, 9.17) is 10.5 Å². The quantitative estimate of drug-likeness (QED) is 0.791. The lowest BCUT2D eigenvalue weighted by Crippen LogP contribution is -2.49. The van der Waals surface area contributed by atoms with Crippen molar-refractivity contribution in [2.75, 3.05) is 7.11 Å². The monoisotopic (exact) mass is 319 g/mol. The van der Waals surface area contributed by atoms with Gasteiger partial charge in [-0.2, -0.15) is 0 Å². The van der Waals surface area contributed by atoms with E-state index < -0.39 is 29.4 Å². The normalized spacial score (nSPS) is 22.0. The van der Waals surface area contributed by atoms with Gasteiger partial charge in [0.05, 0.1) is 7.11 Å². The van der Waals surface area contributed by atoms with Gasteiger partial charge in [0.2, 0.25) is 5.91 Å². The second-order valence-electron chi connectivity index (χ2n) is 5.74. The molecule has 1 aromatic carbocycles. The van der Waals surface area contributed by atoms with Crippen molar-refractivity contribution in [1.29, 1.82) is 0 Å². The number of amides is 4. The van der Waals surface area contributed by atoms with E-state index in [0.29, 0.717) is 11.3 Å². The number of benzene rings is 1. The number of rotatable bonds is 5. The highest BCUT2D eigenvalue weighted by Gasteiger charge is 2.52. The van der Waals surface area contributed by atoms with Gasteiger partial charge >= 0.3 is 6.03 Å². The number of primary amides is 1. The van der Waals surface area contributed by atoms with Crippen molar-refractivity contribution in [1.82, 2.24) is 10.2 Å². The summed E-state index contributed by atoms with van der Waals surface area (Å²) in [7, 11) is 1.56. The molecule has 0 bridgehead atoms. The van der Waals surface area contributed by atoms with Crippen LogP contribution in [0.2, 0.25) is 0 Å². The van der Waals surface area contributed by atoms with Crippen molar-refractivity contribution in [3.63, 3.8) is 0 Å². The Bertz CT molecular complexity index is 673. The molecule has 2 unspecified atom stereocenters. The Balaban J connectivity index is 2.44. The molecule has 1 saturated heterocycles.